The molecule has 0 atom stereocenters. The van der Waals surface area contributed by atoms with Crippen LogP contribution in [0.4, 0.5) is 0 Å². The van der Waals surface area contributed by atoms with Crippen molar-refractivity contribution in [1.29, 1.82) is 0 Å². The maximum Gasteiger partial charge on any atom is 0.331 e. The fourth-order valence-electron chi connectivity index (χ4n) is 1.23. The Balaban J connectivity index is 3.09. The average molecular weight is 196 g/mol. The van der Waals surface area contributed by atoms with Crippen molar-refractivity contribution in [2.24, 2.45) is 0 Å². The quantitative estimate of drug-likeness (QED) is 0.754. The number of aliphatic carboxylic acids is 1. The number of carboxylic acid groups (broad SMARTS) is 1. The molecule has 0 radical (unpaired) electrons. The molecular weight excluding hydrogens is 184 g/mol. The fourth-order valence-corrected chi connectivity index (χ4v) is 1.93. The second-order valence-electron chi connectivity index (χ2n) is 2.77. The van der Waals surface area contributed by atoms with Gasteiger partial charge in [0, 0.05) is 5.57 Å². The third-order valence-electron chi connectivity index (χ3n) is 2.02. The van der Waals surface area contributed by atoms with E-state index in [0.717, 1.165) is 11.1 Å². The van der Waals surface area contributed by atoms with Gasteiger partial charge < -0.3 is 5.11 Å². The zero-order valence-corrected chi connectivity index (χ0v) is 8.52. The van der Waals surface area contributed by atoms with Crippen molar-refractivity contribution in [3.63, 3.8) is 0 Å². The summed E-state index contributed by atoms with van der Waals surface area (Å²) in [4.78, 5) is 10.8. The second-order valence-corrected chi connectivity index (χ2v) is 3.55. The highest BCUT2D eigenvalue weighted by Gasteiger charge is 2.10. The first kappa shape index (κ1) is 9.99. The van der Waals surface area contributed by atoms with E-state index < -0.39 is 5.97 Å². The summed E-state index contributed by atoms with van der Waals surface area (Å²) < 4.78 is 0. The molecule has 1 rings (SSSR count). The number of carboxylic acids is 1. The predicted octanol–water partition coefficient (Wildman–Crippen LogP) is 3.02. The minimum absolute atomic E-state index is 0.499. The molecule has 70 valence electrons. The van der Waals surface area contributed by atoms with E-state index in [1.54, 1.807) is 11.3 Å². The van der Waals surface area contributed by atoms with Crippen LogP contribution in [0.3, 0.4) is 0 Å². The van der Waals surface area contributed by atoms with Crippen LogP contribution in [0.25, 0.3) is 5.57 Å². The lowest BCUT2D eigenvalue weighted by molar-refractivity contribution is -0.132. The highest BCUT2D eigenvalue weighted by Crippen LogP contribution is 2.22. The Labute approximate surface area is 81.5 Å². The van der Waals surface area contributed by atoms with Gasteiger partial charge in [-0.05, 0) is 41.3 Å². The van der Waals surface area contributed by atoms with Crippen LogP contribution in [-0.4, -0.2) is 11.1 Å². The molecule has 0 spiro atoms. The third-order valence-corrected chi connectivity index (χ3v) is 2.70. The second kappa shape index (κ2) is 4.23. The van der Waals surface area contributed by atoms with E-state index in [9.17, 15) is 4.79 Å². The van der Waals surface area contributed by atoms with Crippen LogP contribution >= 0.6 is 11.3 Å². The lowest BCUT2D eigenvalue weighted by atomic mass is 10.0. The summed E-state index contributed by atoms with van der Waals surface area (Å²) in [6, 6.07) is 1.94. The van der Waals surface area contributed by atoms with E-state index in [1.807, 2.05) is 30.7 Å². The molecule has 0 amide bonds. The third kappa shape index (κ3) is 2.18. The summed E-state index contributed by atoms with van der Waals surface area (Å²) in [5, 5.41) is 12.8. The van der Waals surface area contributed by atoms with Gasteiger partial charge in [0.25, 0.3) is 0 Å². The molecule has 0 bridgehead atoms. The van der Waals surface area contributed by atoms with Crippen molar-refractivity contribution in [2.75, 3.05) is 0 Å². The van der Waals surface area contributed by atoms with Crippen LogP contribution in [0.15, 0.2) is 22.4 Å². The maximum atomic E-state index is 10.8. The zero-order chi connectivity index (χ0) is 9.84. The molecule has 13 heavy (non-hydrogen) atoms. The molecule has 1 heterocycles. The first-order valence-corrected chi connectivity index (χ1v) is 5.06. The smallest absolute Gasteiger partial charge is 0.331 e. The van der Waals surface area contributed by atoms with Crippen LogP contribution in [0, 0.1) is 0 Å². The molecule has 1 aromatic rings. The molecule has 1 aromatic heterocycles. The van der Waals surface area contributed by atoms with Gasteiger partial charge in [-0.2, -0.15) is 11.3 Å². The minimum Gasteiger partial charge on any atom is -0.478 e. The summed E-state index contributed by atoms with van der Waals surface area (Å²) in [6.07, 6.45) is 0.566. The van der Waals surface area contributed by atoms with Crippen molar-refractivity contribution in [2.45, 2.75) is 20.3 Å². The summed E-state index contributed by atoms with van der Waals surface area (Å²) in [5.41, 5.74) is 2.39. The lowest BCUT2D eigenvalue weighted by Gasteiger charge is -2.03. The lowest BCUT2D eigenvalue weighted by Crippen LogP contribution is -2.01. The molecule has 0 fully saturated rings. The fraction of sp³-hybridized carbons (Fsp3) is 0.300. The molecule has 0 aliphatic carbocycles. The van der Waals surface area contributed by atoms with Gasteiger partial charge in [0.2, 0.25) is 0 Å². The SMILES string of the molecule is CC/C(C(=O)O)=C(\C)c1ccsc1. The molecule has 0 unspecified atom stereocenters. The van der Waals surface area contributed by atoms with Crippen LogP contribution in [0.5, 0.6) is 0 Å². The predicted molar refractivity (Wildman–Crippen MR) is 54.8 cm³/mol. The first-order valence-electron chi connectivity index (χ1n) is 4.12. The van der Waals surface area contributed by atoms with Gasteiger partial charge in [-0.25, -0.2) is 4.79 Å². The van der Waals surface area contributed by atoms with Crippen LogP contribution in [0.2, 0.25) is 0 Å². The number of allylic oxidation sites excluding steroid dienone is 1. The van der Waals surface area contributed by atoms with Crippen molar-refractivity contribution < 1.29 is 9.90 Å². The highest BCUT2D eigenvalue weighted by molar-refractivity contribution is 7.08. The van der Waals surface area contributed by atoms with Crippen LogP contribution in [0.1, 0.15) is 25.8 Å². The molecule has 3 heteroatoms. The molecule has 2 nitrogen and oxygen atoms in total. The van der Waals surface area contributed by atoms with E-state index in [-0.39, 0.29) is 0 Å². The molecule has 0 aliphatic rings. The van der Waals surface area contributed by atoms with Gasteiger partial charge in [-0.1, -0.05) is 6.92 Å². The minimum atomic E-state index is -0.814. The molecule has 1 N–H and O–H groups in total. The topological polar surface area (TPSA) is 37.3 Å². The Hall–Kier alpha value is -1.09. The van der Waals surface area contributed by atoms with Gasteiger partial charge in [0.05, 0.1) is 0 Å². The average Bonchev–Trinajstić information content (AvgIpc) is 2.56. The van der Waals surface area contributed by atoms with Crippen molar-refractivity contribution in [3.05, 3.63) is 28.0 Å². The number of carbonyl (C=O) groups is 1. The molecule has 0 aromatic carbocycles. The Morgan fingerprint density at radius 3 is 2.69 bits per heavy atom. The Morgan fingerprint density at radius 1 is 1.62 bits per heavy atom. The van der Waals surface area contributed by atoms with Gasteiger partial charge in [0.1, 0.15) is 0 Å². The number of rotatable bonds is 3. The summed E-state index contributed by atoms with van der Waals surface area (Å²) >= 11 is 1.58. The Bertz CT molecular complexity index is 323. The summed E-state index contributed by atoms with van der Waals surface area (Å²) in [5.74, 6) is -0.814. The van der Waals surface area contributed by atoms with E-state index >= 15 is 0 Å². The van der Waals surface area contributed by atoms with Crippen molar-refractivity contribution in [1.82, 2.24) is 0 Å². The standard InChI is InChI=1S/C10H12O2S/c1-3-9(10(11)12)7(2)8-4-5-13-6-8/h4-6H,3H2,1-2H3,(H,11,12)/b9-7-. The van der Waals surface area contributed by atoms with E-state index in [4.69, 9.17) is 5.11 Å². The van der Waals surface area contributed by atoms with E-state index in [1.165, 1.54) is 0 Å². The largest absolute Gasteiger partial charge is 0.478 e. The Morgan fingerprint density at radius 2 is 2.31 bits per heavy atom. The van der Waals surface area contributed by atoms with Gasteiger partial charge in [0.15, 0.2) is 0 Å². The Kier molecular flexibility index (Phi) is 3.25. The summed E-state index contributed by atoms with van der Waals surface area (Å²) in [7, 11) is 0. The normalized spacial score (nSPS) is 12.5. The molecule has 0 aliphatic heterocycles. The summed E-state index contributed by atoms with van der Waals surface area (Å²) in [6.45, 7) is 3.72. The van der Waals surface area contributed by atoms with Crippen LogP contribution in [-0.2, 0) is 4.79 Å². The highest BCUT2D eigenvalue weighted by atomic mass is 32.1. The van der Waals surface area contributed by atoms with E-state index in [0.29, 0.717) is 12.0 Å². The van der Waals surface area contributed by atoms with Gasteiger partial charge in [-0.15, -0.1) is 0 Å². The maximum absolute atomic E-state index is 10.8. The first-order chi connectivity index (χ1) is 6.16. The van der Waals surface area contributed by atoms with Crippen molar-refractivity contribution >= 4 is 22.9 Å². The number of hydrogen-bond acceptors (Lipinski definition) is 2. The van der Waals surface area contributed by atoms with Gasteiger partial charge in [-0.3, -0.25) is 0 Å². The molecule has 0 saturated carbocycles. The van der Waals surface area contributed by atoms with Crippen molar-refractivity contribution in [3.8, 4) is 0 Å². The van der Waals surface area contributed by atoms with Gasteiger partial charge >= 0.3 is 5.97 Å². The van der Waals surface area contributed by atoms with E-state index in [2.05, 4.69) is 0 Å². The number of thiophene rings is 1. The molecular formula is C10H12O2S. The van der Waals surface area contributed by atoms with Crippen LogP contribution < -0.4 is 0 Å². The molecule has 0 saturated heterocycles. The monoisotopic (exact) mass is 196 g/mol. The number of hydrogen-bond donors (Lipinski definition) is 1. The zero-order valence-electron chi connectivity index (χ0n) is 7.70.